The molecule has 0 unspecified atom stereocenters. The quantitative estimate of drug-likeness (QED) is 0.864. The standard InChI is InChI=1S/C15H19NO4/c1-2-20-13-7-4-10(5-8-13)14(17)16-12-6-3-11(9-12)15(18)19/h4-5,7-8,11-12H,2-3,6,9H2,1H3,(H,16,17)(H,18,19)/t11-,12+/m1/s1. The molecule has 5 nitrogen and oxygen atoms in total. The number of carboxylic acids is 1. The Kier molecular flexibility index (Phi) is 4.61. The van der Waals surface area contributed by atoms with E-state index in [0.29, 0.717) is 25.0 Å². The van der Waals surface area contributed by atoms with Crippen LogP contribution >= 0.6 is 0 Å². The summed E-state index contributed by atoms with van der Waals surface area (Å²) in [5.41, 5.74) is 0.562. The zero-order valence-corrected chi connectivity index (χ0v) is 11.5. The molecule has 0 saturated heterocycles. The van der Waals surface area contributed by atoms with Crippen LogP contribution in [0.3, 0.4) is 0 Å². The second kappa shape index (κ2) is 6.41. The van der Waals surface area contributed by atoms with E-state index in [9.17, 15) is 9.59 Å². The maximum atomic E-state index is 12.0. The minimum Gasteiger partial charge on any atom is -0.494 e. The number of nitrogens with one attached hydrogen (secondary N) is 1. The van der Waals surface area contributed by atoms with E-state index >= 15 is 0 Å². The smallest absolute Gasteiger partial charge is 0.306 e. The lowest BCUT2D eigenvalue weighted by Crippen LogP contribution is -2.33. The van der Waals surface area contributed by atoms with Crippen molar-refractivity contribution >= 4 is 11.9 Å². The van der Waals surface area contributed by atoms with Gasteiger partial charge in [0.25, 0.3) is 5.91 Å². The third-order valence-corrected chi connectivity index (χ3v) is 3.54. The number of carbonyl (C=O) groups excluding carboxylic acids is 1. The van der Waals surface area contributed by atoms with Gasteiger partial charge in [-0.05, 0) is 50.5 Å². The summed E-state index contributed by atoms with van der Waals surface area (Å²) in [6.45, 7) is 2.49. The van der Waals surface area contributed by atoms with Crippen molar-refractivity contribution in [2.24, 2.45) is 5.92 Å². The highest BCUT2D eigenvalue weighted by molar-refractivity contribution is 5.94. The fourth-order valence-corrected chi connectivity index (χ4v) is 2.47. The second-order valence-corrected chi connectivity index (χ2v) is 4.98. The largest absolute Gasteiger partial charge is 0.494 e. The number of ether oxygens (including phenoxy) is 1. The van der Waals surface area contributed by atoms with Crippen LogP contribution in [-0.2, 0) is 4.79 Å². The summed E-state index contributed by atoms with van der Waals surface area (Å²) < 4.78 is 5.32. The molecule has 108 valence electrons. The van der Waals surface area contributed by atoms with E-state index in [2.05, 4.69) is 5.32 Å². The first-order valence-electron chi connectivity index (χ1n) is 6.86. The Morgan fingerprint density at radius 2 is 2.00 bits per heavy atom. The number of carboxylic acid groups (broad SMARTS) is 1. The maximum Gasteiger partial charge on any atom is 0.306 e. The van der Waals surface area contributed by atoms with E-state index in [-0.39, 0.29) is 17.9 Å². The molecule has 2 rings (SSSR count). The van der Waals surface area contributed by atoms with Crippen LogP contribution in [0.25, 0.3) is 0 Å². The van der Waals surface area contributed by atoms with Gasteiger partial charge in [-0.2, -0.15) is 0 Å². The zero-order valence-electron chi connectivity index (χ0n) is 11.5. The molecule has 0 aliphatic heterocycles. The minimum absolute atomic E-state index is 0.0461. The molecular formula is C15H19NO4. The molecular weight excluding hydrogens is 258 g/mol. The Hall–Kier alpha value is -2.04. The molecule has 1 fully saturated rings. The fourth-order valence-electron chi connectivity index (χ4n) is 2.47. The van der Waals surface area contributed by atoms with Gasteiger partial charge in [-0.3, -0.25) is 9.59 Å². The number of carbonyl (C=O) groups is 2. The SMILES string of the molecule is CCOc1ccc(C(=O)N[C@H]2CC[C@@H](C(=O)O)C2)cc1. The molecule has 1 aliphatic rings. The van der Waals surface area contributed by atoms with Gasteiger partial charge in [-0.25, -0.2) is 0 Å². The first-order valence-corrected chi connectivity index (χ1v) is 6.86. The van der Waals surface area contributed by atoms with E-state index < -0.39 is 5.97 Å². The molecule has 2 atom stereocenters. The number of rotatable bonds is 5. The summed E-state index contributed by atoms with van der Waals surface area (Å²) in [6, 6.07) is 6.89. The molecule has 2 N–H and O–H groups in total. The Balaban J connectivity index is 1.90. The highest BCUT2D eigenvalue weighted by atomic mass is 16.5. The molecule has 5 heteroatoms. The Bertz CT molecular complexity index is 483. The van der Waals surface area contributed by atoms with E-state index in [1.165, 1.54) is 0 Å². The molecule has 1 saturated carbocycles. The molecule has 0 radical (unpaired) electrons. The van der Waals surface area contributed by atoms with Gasteiger partial charge in [0.2, 0.25) is 0 Å². The van der Waals surface area contributed by atoms with Crippen LogP contribution in [0, 0.1) is 5.92 Å². The molecule has 20 heavy (non-hydrogen) atoms. The van der Waals surface area contributed by atoms with E-state index in [1.54, 1.807) is 24.3 Å². The van der Waals surface area contributed by atoms with Crippen molar-refractivity contribution in [3.63, 3.8) is 0 Å². The molecule has 0 spiro atoms. The Morgan fingerprint density at radius 3 is 2.55 bits per heavy atom. The number of benzene rings is 1. The highest BCUT2D eigenvalue weighted by Crippen LogP contribution is 2.26. The van der Waals surface area contributed by atoms with Gasteiger partial charge in [-0.1, -0.05) is 0 Å². The van der Waals surface area contributed by atoms with Crippen LogP contribution in [0.2, 0.25) is 0 Å². The fraction of sp³-hybridized carbons (Fsp3) is 0.467. The predicted molar refractivity (Wildman–Crippen MR) is 73.8 cm³/mol. The highest BCUT2D eigenvalue weighted by Gasteiger charge is 2.30. The lowest BCUT2D eigenvalue weighted by molar-refractivity contribution is -0.141. The van der Waals surface area contributed by atoms with Crippen molar-refractivity contribution in [2.75, 3.05) is 6.61 Å². The van der Waals surface area contributed by atoms with Gasteiger partial charge in [0.1, 0.15) is 5.75 Å². The first-order chi connectivity index (χ1) is 9.60. The van der Waals surface area contributed by atoms with Crippen molar-refractivity contribution in [3.05, 3.63) is 29.8 Å². The van der Waals surface area contributed by atoms with E-state index in [4.69, 9.17) is 9.84 Å². The third-order valence-electron chi connectivity index (χ3n) is 3.54. The number of hydrogen-bond acceptors (Lipinski definition) is 3. The van der Waals surface area contributed by atoms with Crippen molar-refractivity contribution in [3.8, 4) is 5.75 Å². The zero-order chi connectivity index (χ0) is 14.5. The van der Waals surface area contributed by atoms with Crippen LogP contribution < -0.4 is 10.1 Å². The summed E-state index contributed by atoms with van der Waals surface area (Å²) in [5.74, 6) is -0.539. The van der Waals surface area contributed by atoms with Crippen molar-refractivity contribution in [1.29, 1.82) is 0 Å². The van der Waals surface area contributed by atoms with Gasteiger partial charge >= 0.3 is 5.97 Å². The number of aliphatic carboxylic acids is 1. The van der Waals surface area contributed by atoms with E-state index in [1.807, 2.05) is 6.92 Å². The summed E-state index contributed by atoms with van der Waals surface area (Å²) in [4.78, 5) is 22.9. The minimum atomic E-state index is -0.775. The third kappa shape index (κ3) is 3.50. The summed E-state index contributed by atoms with van der Waals surface area (Å²) >= 11 is 0. The van der Waals surface area contributed by atoms with Crippen molar-refractivity contribution in [2.45, 2.75) is 32.2 Å². The molecule has 1 aliphatic carbocycles. The Labute approximate surface area is 117 Å². The average molecular weight is 277 g/mol. The second-order valence-electron chi connectivity index (χ2n) is 4.98. The number of amides is 1. The molecule has 1 aromatic carbocycles. The topological polar surface area (TPSA) is 75.6 Å². The van der Waals surface area contributed by atoms with Gasteiger partial charge in [-0.15, -0.1) is 0 Å². The Morgan fingerprint density at radius 1 is 1.30 bits per heavy atom. The van der Waals surface area contributed by atoms with Crippen LogP contribution in [0.1, 0.15) is 36.5 Å². The first kappa shape index (κ1) is 14.4. The lowest BCUT2D eigenvalue weighted by atomic mass is 10.1. The maximum absolute atomic E-state index is 12.0. The molecule has 1 aromatic rings. The van der Waals surface area contributed by atoms with Crippen LogP contribution in [-0.4, -0.2) is 29.6 Å². The summed E-state index contributed by atoms with van der Waals surface area (Å²) in [5, 5.41) is 11.8. The summed E-state index contributed by atoms with van der Waals surface area (Å²) in [6.07, 6.45) is 1.86. The van der Waals surface area contributed by atoms with E-state index in [0.717, 1.165) is 12.2 Å². The number of hydrogen-bond donors (Lipinski definition) is 2. The van der Waals surface area contributed by atoms with Crippen molar-refractivity contribution in [1.82, 2.24) is 5.32 Å². The van der Waals surface area contributed by atoms with Gasteiger partial charge in [0, 0.05) is 11.6 Å². The van der Waals surface area contributed by atoms with Crippen LogP contribution in [0.5, 0.6) is 5.75 Å². The molecule has 0 heterocycles. The molecule has 0 bridgehead atoms. The normalized spacial score (nSPS) is 21.4. The van der Waals surface area contributed by atoms with Crippen LogP contribution in [0.15, 0.2) is 24.3 Å². The monoisotopic (exact) mass is 277 g/mol. The molecule has 1 amide bonds. The summed E-state index contributed by atoms with van der Waals surface area (Å²) in [7, 11) is 0. The lowest BCUT2D eigenvalue weighted by Gasteiger charge is -2.12. The molecule has 0 aromatic heterocycles. The van der Waals surface area contributed by atoms with Gasteiger partial charge < -0.3 is 15.2 Å². The van der Waals surface area contributed by atoms with Gasteiger partial charge in [0.15, 0.2) is 0 Å². The average Bonchev–Trinajstić information content (AvgIpc) is 2.88. The van der Waals surface area contributed by atoms with Crippen molar-refractivity contribution < 1.29 is 19.4 Å². The van der Waals surface area contributed by atoms with Crippen LogP contribution in [0.4, 0.5) is 0 Å². The predicted octanol–water partition coefficient (Wildman–Crippen LogP) is 2.07. The van der Waals surface area contributed by atoms with Gasteiger partial charge in [0.05, 0.1) is 12.5 Å².